The Balaban J connectivity index is 1.49. The van der Waals surface area contributed by atoms with Gasteiger partial charge < -0.3 is 14.4 Å². The number of fused-ring (bicyclic) bond motifs is 1. The highest BCUT2D eigenvalue weighted by molar-refractivity contribution is 6.45. The lowest BCUT2D eigenvalue weighted by molar-refractivity contribution is -0.127. The van der Waals surface area contributed by atoms with E-state index in [2.05, 4.69) is 0 Å². The van der Waals surface area contributed by atoms with Crippen LogP contribution in [0.5, 0.6) is 0 Å². The molecule has 1 aromatic heterocycles. The second-order valence-electron chi connectivity index (χ2n) is 7.32. The summed E-state index contributed by atoms with van der Waals surface area (Å²) in [5.41, 5.74) is 2.81. The number of amides is 2. The molecule has 0 spiro atoms. The predicted molar refractivity (Wildman–Crippen MR) is 111 cm³/mol. The Morgan fingerprint density at radius 3 is 2.07 bits per heavy atom. The van der Waals surface area contributed by atoms with Crippen LogP contribution in [0, 0.1) is 6.92 Å². The zero-order valence-electron chi connectivity index (χ0n) is 16.6. The van der Waals surface area contributed by atoms with Gasteiger partial charge in [-0.1, -0.05) is 36.4 Å². The molecule has 6 heteroatoms. The summed E-state index contributed by atoms with van der Waals surface area (Å²) in [6.07, 6.45) is 0. The number of hydrogen-bond acceptors (Lipinski definition) is 3. The molecule has 1 saturated heterocycles. The van der Waals surface area contributed by atoms with Crippen LogP contribution in [-0.4, -0.2) is 58.1 Å². The Morgan fingerprint density at radius 2 is 1.38 bits per heavy atom. The van der Waals surface area contributed by atoms with Crippen LogP contribution in [-0.2, 0) is 11.8 Å². The lowest BCUT2D eigenvalue weighted by atomic mass is 10.1. The van der Waals surface area contributed by atoms with Gasteiger partial charge in [-0.2, -0.15) is 0 Å². The number of aryl methyl sites for hydroxylation is 1. The molecule has 2 heterocycles. The SMILES string of the molecule is Cc1c(C(=O)C(=O)N2CCN(C(=O)c3ccccc3)CC2)c2ccccc2n1C. The number of carbonyl (C=O) groups is 3. The first kappa shape index (κ1) is 18.9. The van der Waals surface area contributed by atoms with Gasteiger partial charge in [-0.15, -0.1) is 0 Å². The van der Waals surface area contributed by atoms with Gasteiger partial charge in [-0.3, -0.25) is 14.4 Å². The van der Waals surface area contributed by atoms with Gasteiger partial charge in [0.15, 0.2) is 0 Å². The largest absolute Gasteiger partial charge is 0.347 e. The molecule has 0 N–H and O–H groups in total. The summed E-state index contributed by atoms with van der Waals surface area (Å²) < 4.78 is 1.94. The highest BCUT2D eigenvalue weighted by atomic mass is 16.2. The van der Waals surface area contributed by atoms with Crippen molar-refractivity contribution in [1.82, 2.24) is 14.4 Å². The van der Waals surface area contributed by atoms with E-state index in [0.717, 1.165) is 16.6 Å². The van der Waals surface area contributed by atoms with E-state index in [1.54, 1.807) is 21.9 Å². The Kier molecular flexibility index (Phi) is 4.92. The number of benzene rings is 2. The zero-order valence-corrected chi connectivity index (χ0v) is 16.6. The average Bonchev–Trinajstić information content (AvgIpc) is 3.03. The van der Waals surface area contributed by atoms with E-state index in [0.29, 0.717) is 37.3 Å². The number of Topliss-reactive ketones (excluding diaryl/α,β-unsaturated/α-hetero) is 1. The number of hydrogen-bond donors (Lipinski definition) is 0. The summed E-state index contributed by atoms with van der Waals surface area (Å²) in [5.74, 6) is -1.03. The molecule has 0 saturated carbocycles. The average molecular weight is 389 g/mol. The third-order valence-corrected chi connectivity index (χ3v) is 5.70. The maximum atomic E-state index is 13.0. The van der Waals surface area contributed by atoms with Crippen LogP contribution in [0.15, 0.2) is 54.6 Å². The van der Waals surface area contributed by atoms with E-state index in [-0.39, 0.29) is 5.91 Å². The van der Waals surface area contributed by atoms with Crippen molar-refractivity contribution in [3.05, 3.63) is 71.4 Å². The van der Waals surface area contributed by atoms with Crippen LogP contribution in [0.4, 0.5) is 0 Å². The molecular weight excluding hydrogens is 366 g/mol. The highest BCUT2D eigenvalue weighted by Crippen LogP contribution is 2.26. The van der Waals surface area contributed by atoms with Gasteiger partial charge in [-0.25, -0.2) is 0 Å². The van der Waals surface area contributed by atoms with Crippen molar-refractivity contribution in [2.75, 3.05) is 26.2 Å². The summed E-state index contributed by atoms with van der Waals surface area (Å²) in [5, 5.41) is 0.795. The highest BCUT2D eigenvalue weighted by Gasteiger charge is 2.31. The molecule has 1 aliphatic rings. The summed E-state index contributed by atoms with van der Waals surface area (Å²) in [4.78, 5) is 41.8. The van der Waals surface area contributed by atoms with Gasteiger partial charge in [-0.05, 0) is 25.1 Å². The van der Waals surface area contributed by atoms with Crippen LogP contribution >= 0.6 is 0 Å². The molecule has 6 nitrogen and oxygen atoms in total. The van der Waals surface area contributed by atoms with Crippen molar-refractivity contribution < 1.29 is 14.4 Å². The number of para-hydroxylation sites is 1. The first-order valence-corrected chi connectivity index (χ1v) is 9.71. The summed E-state index contributed by atoms with van der Waals surface area (Å²) >= 11 is 0. The topological polar surface area (TPSA) is 62.6 Å². The third-order valence-electron chi connectivity index (χ3n) is 5.70. The maximum absolute atomic E-state index is 13.0. The van der Waals surface area contributed by atoms with E-state index >= 15 is 0 Å². The number of aromatic nitrogens is 1. The molecule has 29 heavy (non-hydrogen) atoms. The molecule has 148 valence electrons. The van der Waals surface area contributed by atoms with Crippen LogP contribution in [0.1, 0.15) is 26.4 Å². The lowest BCUT2D eigenvalue weighted by Gasteiger charge is -2.34. The molecule has 0 bridgehead atoms. The minimum Gasteiger partial charge on any atom is -0.347 e. The van der Waals surface area contributed by atoms with Crippen LogP contribution in [0.3, 0.4) is 0 Å². The Hall–Kier alpha value is -3.41. The molecule has 1 fully saturated rings. The van der Waals surface area contributed by atoms with Crippen molar-refractivity contribution in [3.8, 4) is 0 Å². The van der Waals surface area contributed by atoms with Crippen molar-refractivity contribution in [2.24, 2.45) is 7.05 Å². The predicted octanol–water partition coefficient (Wildman–Crippen LogP) is 2.65. The Morgan fingerprint density at radius 1 is 0.793 bits per heavy atom. The monoisotopic (exact) mass is 389 g/mol. The van der Waals surface area contributed by atoms with E-state index < -0.39 is 11.7 Å². The second-order valence-corrected chi connectivity index (χ2v) is 7.32. The van der Waals surface area contributed by atoms with Gasteiger partial charge >= 0.3 is 0 Å². The number of ketones is 1. The molecule has 0 radical (unpaired) electrons. The first-order valence-electron chi connectivity index (χ1n) is 9.71. The van der Waals surface area contributed by atoms with Crippen LogP contribution < -0.4 is 0 Å². The third kappa shape index (κ3) is 3.31. The lowest BCUT2D eigenvalue weighted by Crippen LogP contribution is -2.52. The number of carbonyl (C=O) groups excluding carboxylic acids is 3. The van der Waals surface area contributed by atoms with E-state index in [4.69, 9.17) is 0 Å². The van der Waals surface area contributed by atoms with Gasteiger partial charge in [0.05, 0.1) is 5.56 Å². The smallest absolute Gasteiger partial charge is 0.295 e. The first-order chi connectivity index (χ1) is 14.0. The number of rotatable bonds is 3. The minimum absolute atomic E-state index is 0.0473. The molecular formula is C23H23N3O3. The summed E-state index contributed by atoms with van der Waals surface area (Å²) in [6.45, 7) is 3.40. The molecule has 3 aromatic rings. The standard InChI is InChI=1S/C23H23N3O3/c1-16-20(18-10-6-7-11-19(18)24(16)2)21(27)23(29)26-14-12-25(13-15-26)22(28)17-8-4-3-5-9-17/h3-11H,12-15H2,1-2H3. The molecule has 0 aliphatic carbocycles. The fraction of sp³-hybridized carbons (Fsp3) is 0.261. The normalized spacial score (nSPS) is 14.3. The molecule has 2 aromatic carbocycles. The number of nitrogens with zero attached hydrogens (tertiary/aromatic N) is 3. The van der Waals surface area contributed by atoms with Gasteiger partial charge in [0.25, 0.3) is 17.6 Å². The Labute approximate surface area is 169 Å². The van der Waals surface area contributed by atoms with Gasteiger partial charge in [0.2, 0.25) is 0 Å². The zero-order chi connectivity index (χ0) is 20.5. The maximum Gasteiger partial charge on any atom is 0.295 e. The van der Waals surface area contributed by atoms with Crippen molar-refractivity contribution >= 4 is 28.5 Å². The molecule has 2 amide bonds. The van der Waals surface area contributed by atoms with Gasteiger partial charge in [0.1, 0.15) is 0 Å². The minimum atomic E-state index is -0.503. The van der Waals surface area contributed by atoms with Crippen molar-refractivity contribution in [3.63, 3.8) is 0 Å². The fourth-order valence-electron chi connectivity index (χ4n) is 3.93. The van der Waals surface area contributed by atoms with Gasteiger partial charge in [0, 0.05) is 55.4 Å². The second kappa shape index (κ2) is 7.54. The Bertz CT molecular complexity index is 1090. The molecule has 4 rings (SSSR count). The molecule has 1 aliphatic heterocycles. The number of piperazine rings is 1. The van der Waals surface area contributed by atoms with E-state index in [9.17, 15) is 14.4 Å². The summed E-state index contributed by atoms with van der Waals surface area (Å²) in [7, 11) is 1.90. The van der Waals surface area contributed by atoms with Crippen molar-refractivity contribution in [2.45, 2.75) is 6.92 Å². The molecule has 0 unspecified atom stereocenters. The fourth-order valence-corrected chi connectivity index (χ4v) is 3.93. The van der Waals surface area contributed by atoms with E-state index in [1.165, 1.54) is 0 Å². The van der Waals surface area contributed by atoms with Crippen molar-refractivity contribution in [1.29, 1.82) is 0 Å². The quantitative estimate of drug-likeness (QED) is 0.511. The van der Waals surface area contributed by atoms with E-state index in [1.807, 2.05) is 61.0 Å². The summed E-state index contributed by atoms with van der Waals surface area (Å²) in [6, 6.07) is 16.7. The molecule has 0 atom stereocenters. The van der Waals surface area contributed by atoms with Crippen LogP contribution in [0.25, 0.3) is 10.9 Å². The van der Waals surface area contributed by atoms with Crippen LogP contribution in [0.2, 0.25) is 0 Å².